The van der Waals surface area contributed by atoms with Crippen molar-refractivity contribution >= 4 is 12.0 Å². The van der Waals surface area contributed by atoms with Crippen LogP contribution in [0.3, 0.4) is 0 Å². The first-order chi connectivity index (χ1) is 8.60. The number of amides is 2. The van der Waals surface area contributed by atoms with Crippen LogP contribution in [-0.4, -0.2) is 55.0 Å². The summed E-state index contributed by atoms with van der Waals surface area (Å²) in [5, 5.41) is 17.2. The number of nitrogens with one attached hydrogen (secondary N) is 3. The number of hydrogen-bond acceptors (Lipinski definition) is 4. The average Bonchev–Trinajstić information content (AvgIpc) is 2.97. The number of hydrogen-bond donors (Lipinski definition) is 4. The van der Waals surface area contributed by atoms with Crippen LogP contribution >= 0.6 is 0 Å². The lowest BCUT2D eigenvalue weighted by Crippen LogP contribution is -2.53. The molecule has 0 aromatic rings. The van der Waals surface area contributed by atoms with Gasteiger partial charge in [0.2, 0.25) is 5.91 Å². The third kappa shape index (κ3) is 3.85. The van der Waals surface area contributed by atoms with Crippen LogP contribution in [0.1, 0.15) is 19.3 Å². The molecule has 2 aliphatic rings. The SMILES string of the molecule is O=C(O)NC1(COCC(=O)NC2CC2)CCNC1. The molecule has 2 amide bonds. The van der Waals surface area contributed by atoms with E-state index in [1.165, 1.54) is 0 Å². The molecule has 18 heavy (non-hydrogen) atoms. The smallest absolute Gasteiger partial charge is 0.405 e. The fourth-order valence-corrected chi connectivity index (χ4v) is 2.07. The first-order valence-electron chi connectivity index (χ1n) is 6.19. The Hall–Kier alpha value is -1.34. The monoisotopic (exact) mass is 257 g/mol. The number of carbonyl (C=O) groups is 2. The maximum Gasteiger partial charge on any atom is 0.405 e. The Kier molecular flexibility index (Phi) is 4.03. The molecule has 4 N–H and O–H groups in total. The van der Waals surface area contributed by atoms with Gasteiger partial charge in [-0.1, -0.05) is 0 Å². The normalized spacial score (nSPS) is 26.9. The van der Waals surface area contributed by atoms with E-state index in [1.54, 1.807) is 0 Å². The predicted molar refractivity (Wildman–Crippen MR) is 63.4 cm³/mol. The third-order valence-corrected chi connectivity index (χ3v) is 3.17. The van der Waals surface area contributed by atoms with Gasteiger partial charge in [-0.05, 0) is 25.8 Å². The van der Waals surface area contributed by atoms with Crippen LogP contribution in [0.2, 0.25) is 0 Å². The summed E-state index contributed by atoms with van der Waals surface area (Å²) in [7, 11) is 0. The van der Waals surface area contributed by atoms with Gasteiger partial charge in [0, 0.05) is 12.6 Å². The van der Waals surface area contributed by atoms with Gasteiger partial charge < -0.3 is 25.8 Å². The van der Waals surface area contributed by atoms with Crippen molar-refractivity contribution in [3.63, 3.8) is 0 Å². The zero-order chi connectivity index (χ0) is 13.0. The summed E-state index contributed by atoms with van der Waals surface area (Å²) in [6, 6.07) is 0.320. The summed E-state index contributed by atoms with van der Waals surface area (Å²) in [5.74, 6) is -0.131. The van der Waals surface area contributed by atoms with Crippen molar-refractivity contribution < 1.29 is 19.4 Å². The molecule has 0 aromatic carbocycles. The molecule has 2 fully saturated rings. The Morgan fingerprint density at radius 2 is 2.22 bits per heavy atom. The minimum absolute atomic E-state index is 0.0143. The summed E-state index contributed by atoms with van der Waals surface area (Å²) < 4.78 is 5.33. The highest BCUT2D eigenvalue weighted by Crippen LogP contribution is 2.18. The molecule has 1 saturated carbocycles. The van der Waals surface area contributed by atoms with Crippen LogP contribution in [0.15, 0.2) is 0 Å². The molecule has 1 atom stereocenters. The van der Waals surface area contributed by atoms with E-state index < -0.39 is 11.6 Å². The van der Waals surface area contributed by atoms with E-state index in [9.17, 15) is 9.59 Å². The van der Waals surface area contributed by atoms with Gasteiger partial charge in [0.1, 0.15) is 6.61 Å². The molecule has 0 bridgehead atoms. The molecule has 1 saturated heterocycles. The Balaban J connectivity index is 1.71. The van der Waals surface area contributed by atoms with Crippen molar-refractivity contribution in [2.75, 3.05) is 26.3 Å². The summed E-state index contributed by atoms with van der Waals surface area (Å²) in [5.41, 5.74) is -0.605. The quantitative estimate of drug-likeness (QED) is 0.503. The molecule has 1 unspecified atom stereocenters. The fraction of sp³-hybridized carbons (Fsp3) is 0.818. The highest BCUT2D eigenvalue weighted by molar-refractivity contribution is 5.77. The highest BCUT2D eigenvalue weighted by Gasteiger charge is 2.36. The molecule has 0 spiro atoms. The Bertz CT molecular complexity index is 324. The van der Waals surface area contributed by atoms with Crippen molar-refractivity contribution in [2.24, 2.45) is 0 Å². The Labute approximate surface area is 105 Å². The first kappa shape index (κ1) is 13.1. The van der Waals surface area contributed by atoms with E-state index in [0.717, 1.165) is 19.4 Å². The van der Waals surface area contributed by atoms with Crippen molar-refractivity contribution in [3.8, 4) is 0 Å². The van der Waals surface area contributed by atoms with Crippen LogP contribution in [-0.2, 0) is 9.53 Å². The maximum absolute atomic E-state index is 11.4. The number of ether oxygens (including phenoxy) is 1. The molecule has 1 aliphatic heterocycles. The third-order valence-electron chi connectivity index (χ3n) is 3.17. The largest absolute Gasteiger partial charge is 0.465 e. The van der Waals surface area contributed by atoms with E-state index in [4.69, 9.17) is 9.84 Å². The van der Waals surface area contributed by atoms with E-state index in [-0.39, 0.29) is 19.1 Å². The van der Waals surface area contributed by atoms with Gasteiger partial charge in [-0.15, -0.1) is 0 Å². The molecule has 2 rings (SSSR count). The van der Waals surface area contributed by atoms with Crippen LogP contribution in [0.25, 0.3) is 0 Å². The summed E-state index contributed by atoms with van der Waals surface area (Å²) in [4.78, 5) is 22.1. The van der Waals surface area contributed by atoms with Crippen molar-refractivity contribution in [1.29, 1.82) is 0 Å². The predicted octanol–water partition coefficient (Wildman–Crippen LogP) is -0.719. The Morgan fingerprint density at radius 3 is 2.78 bits per heavy atom. The van der Waals surface area contributed by atoms with Gasteiger partial charge in [0.15, 0.2) is 0 Å². The first-order valence-corrected chi connectivity index (χ1v) is 6.19. The van der Waals surface area contributed by atoms with Crippen LogP contribution in [0, 0.1) is 0 Å². The molecule has 0 radical (unpaired) electrons. The van der Waals surface area contributed by atoms with Gasteiger partial charge >= 0.3 is 6.09 Å². The van der Waals surface area contributed by atoms with Crippen molar-refractivity contribution in [1.82, 2.24) is 16.0 Å². The average molecular weight is 257 g/mol. The second-order valence-electron chi connectivity index (χ2n) is 4.97. The number of carbonyl (C=O) groups excluding carboxylic acids is 1. The van der Waals surface area contributed by atoms with E-state index in [0.29, 0.717) is 19.0 Å². The molecule has 102 valence electrons. The minimum atomic E-state index is -1.07. The van der Waals surface area contributed by atoms with E-state index >= 15 is 0 Å². The van der Waals surface area contributed by atoms with Gasteiger partial charge in [-0.3, -0.25) is 4.79 Å². The van der Waals surface area contributed by atoms with Crippen LogP contribution in [0.5, 0.6) is 0 Å². The summed E-state index contributed by atoms with van der Waals surface area (Å²) >= 11 is 0. The fourth-order valence-electron chi connectivity index (χ4n) is 2.07. The molecule has 7 heteroatoms. The van der Waals surface area contributed by atoms with E-state index in [2.05, 4.69) is 16.0 Å². The zero-order valence-electron chi connectivity index (χ0n) is 10.2. The Morgan fingerprint density at radius 1 is 1.44 bits per heavy atom. The second-order valence-corrected chi connectivity index (χ2v) is 4.97. The zero-order valence-corrected chi connectivity index (χ0v) is 10.2. The van der Waals surface area contributed by atoms with Crippen LogP contribution < -0.4 is 16.0 Å². The summed E-state index contributed by atoms with van der Waals surface area (Å²) in [6.07, 6.45) is 1.69. The minimum Gasteiger partial charge on any atom is -0.465 e. The maximum atomic E-state index is 11.4. The molecular weight excluding hydrogens is 238 g/mol. The molecular formula is C11H19N3O4. The van der Waals surface area contributed by atoms with Gasteiger partial charge in [0.05, 0.1) is 12.1 Å². The van der Waals surface area contributed by atoms with E-state index in [1.807, 2.05) is 0 Å². The lowest BCUT2D eigenvalue weighted by molar-refractivity contribution is -0.126. The van der Waals surface area contributed by atoms with Gasteiger partial charge in [0.25, 0.3) is 0 Å². The standard InChI is InChI=1S/C11H19N3O4/c15-9(13-8-1-2-8)5-18-7-11(14-10(16)17)3-4-12-6-11/h8,12,14H,1-7H2,(H,13,15)(H,16,17). The lowest BCUT2D eigenvalue weighted by atomic mass is 10.0. The molecule has 0 aromatic heterocycles. The molecule has 1 heterocycles. The lowest BCUT2D eigenvalue weighted by Gasteiger charge is -2.27. The summed E-state index contributed by atoms with van der Waals surface area (Å²) in [6.45, 7) is 1.48. The number of carboxylic acid groups (broad SMARTS) is 1. The van der Waals surface area contributed by atoms with Crippen molar-refractivity contribution in [2.45, 2.75) is 30.8 Å². The topological polar surface area (TPSA) is 99.7 Å². The molecule has 7 nitrogen and oxygen atoms in total. The van der Waals surface area contributed by atoms with Gasteiger partial charge in [-0.25, -0.2) is 4.79 Å². The van der Waals surface area contributed by atoms with Gasteiger partial charge in [-0.2, -0.15) is 0 Å². The van der Waals surface area contributed by atoms with Crippen LogP contribution in [0.4, 0.5) is 4.79 Å². The highest BCUT2D eigenvalue weighted by atomic mass is 16.5. The van der Waals surface area contributed by atoms with Crippen molar-refractivity contribution in [3.05, 3.63) is 0 Å². The second kappa shape index (κ2) is 5.53. The molecule has 1 aliphatic carbocycles. The number of rotatable bonds is 6.